The molecule has 168 valence electrons. The van der Waals surface area contributed by atoms with Crippen LogP contribution in [0.25, 0.3) is 0 Å². The molecule has 0 aromatic carbocycles. The van der Waals surface area contributed by atoms with E-state index in [1.807, 2.05) is 0 Å². The predicted octanol–water partition coefficient (Wildman–Crippen LogP) is 1.96. The maximum Gasteiger partial charge on any atom is 0.312 e. The fourth-order valence-corrected chi connectivity index (χ4v) is 8.18. The Morgan fingerprint density at radius 1 is 1.06 bits per heavy atom. The molecule has 8 heteroatoms. The van der Waals surface area contributed by atoms with Gasteiger partial charge in [-0.05, 0) is 56.6 Å². The average molecular weight is 449 g/mol. The third-order valence-electron chi connectivity index (χ3n) is 9.04. The van der Waals surface area contributed by atoms with Gasteiger partial charge in [0, 0.05) is 23.7 Å². The Morgan fingerprint density at radius 3 is 2.52 bits per heavy atom. The van der Waals surface area contributed by atoms with Crippen LogP contribution >= 0.6 is 12.6 Å². The standard InChI is InChI=1S/C23H28O7S/c24-17-11-4-10-5-12(17)9-23(7-10,8-11)22(27)30-19-13-6-14-16(21(26)29-18(14)19)15(13)20(25)28-2-1-3-31/h10-16,18-19,31H,1-9H2. The molecule has 0 amide bonds. The van der Waals surface area contributed by atoms with Gasteiger partial charge in [0.2, 0.25) is 0 Å². The van der Waals surface area contributed by atoms with Crippen LogP contribution < -0.4 is 0 Å². The van der Waals surface area contributed by atoms with E-state index in [4.69, 9.17) is 14.2 Å². The van der Waals surface area contributed by atoms with Crippen LogP contribution in [0.15, 0.2) is 0 Å². The number of rotatable bonds is 6. The van der Waals surface area contributed by atoms with Gasteiger partial charge >= 0.3 is 17.9 Å². The second-order valence-electron chi connectivity index (χ2n) is 10.7. The maximum absolute atomic E-state index is 13.5. The fourth-order valence-electron chi connectivity index (χ4n) is 8.05. The van der Waals surface area contributed by atoms with E-state index in [0.29, 0.717) is 43.1 Å². The molecule has 6 saturated carbocycles. The molecule has 6 aliphatic carbocycles. The third kappa shape index (κ3) is 2.79. The molecule has 7 nitrogen and oxygen atoms in total. The second kappa shape index (κ2) is 6.96. The minimum atomic E-state index is -0.605. The largest absolute Gasteiger partial charge is 0.465 e. The van der Waals surface area contributed by atoms with Gasteiger partial charge in [0.15, 0.2) is 0 Å². The van der Waals surface area contributed by atoms with Crippen molar-refractivity contribution in [2.24, 2.45) is 46.8 Å². The van der Waals surface area contributed by atoms with Crippen LogP contribution in [0.4, 0.5) is 0 Å². The lowest BCUT2D eigenvalue weighted by Gasteiger charge is -2.54. The van der Waals surface area contributed by atoms with Gasteiger partial charge < -0.3 is 14.2 Å². The topological polar surface area (TPSA) is 96.0 Å². The minimum absolute atomic E-state index is 0.0120. The van der Waals surface area contributed by atoms with Crippen molar-refractivity contribution in [1.29, 1.82) is 0 Å². The summed E-state index contributed by atoms with van der Waals surface area (Å²) in [6, 6.07) is 0. The zero-order valence-electron chi connectivity index (χ0n) is 17.4. The van der Waals surface area contributed by atoms with E-state index in [1.54, 1.807) is 0 Å². The van der Waals surface area contributed by atoms with Crippen LogP contribution in [-0.4, -0.2) is 48.3 Å². The van der Waals surface area contributed by atoms with Gasteiger partial charge in [0.05, 0.1) is 23.9 Å². The molecule has 7 rings (SSSR count). The summed E-state index contributed by atoms with van der Waals surface area (Å²) in [6.45, 7) is 0.271. The molecule has 0 aromatic heterocycles. The highest BCUT2D eigenvalue weighted by Gasteiger charge is 2.71. The van der Waals surface area contributed by atoms with Crippen molar-refractivity contribution >= 4 is 36.3 Å². The van der Waals surface area contributed by atoms with Crippen molar-refractivity contribution in [2.45, 2.75) is 57.2 Å². The molecule has 0 N–H and O–H groups in total. The Hall–Kier alpha value is -1.57. The molecule has 7 aliphatic rings. The summed E-state index contributed by atoms with van der Waals surface area (Å²) in [5, 5.41) is 0. The molecule has 0 aromatic rings. The molecule has 7 fully saturated rings. The Kier molecular flexibility index (Phi) is 4.51. The predicted molar refractivity (Wildman–Crippen MR) is 109 cm³/mol. The van der Waals surface area contributed by atoms with Crippen LogP contribution in [0, 0.1) is 46.8 Å². The molecular weight excluding hydrogens is 420 g/mol. The van der Waals surface area contributed by atoms with Crippen molar-refractivity contribution in [3.05, 3.63) is 0 Å². The van der Waals surface area contributed by atoms with Gasteiger partial charge in [0.1, 0.15) is 18.0 Å². The van der Waals surface area contributed by atoms with E-state index in [0.717, 1.165) is 19.3 Å². The fraction of sp³-hybridized carbons (Fsp3) is 0.826. The number of thiol groups is 1. The molecule has 31 heavy (non-hydrogen) atoms. The van der Waals surface area contributed by atoms with Gasteiger partial charge in [-0.3, -0.25) is 19.2 Å². The Morgan fingerprint density at radius 2 is 1.81 bits per heavy atom. The molecule has 1 aliphatic heterocycles. The van der Waals surface area contributed by atoms with Gasteiger partial charge in [0.25, 0.3) is 0 Å². The van der Waals surface area contributed by atoms with Crippen LogP contribution in [0.3, 0.4) is 0 Å². The molecule has 1 heterocycles. The average Bonchev–Trinajstić information content (AvgIpc) is 3.35. The van der Waals surface area contributed by atoms with Gasteiger partial charge in [-0.25, -0.2) is 0 Å². The first-order chi connectivity index (χ1) is 14.9. The molecule has 0 spiro atoms. The number of esters is 3. The summed E-state index contributed by atoms with van der Waals surface area (Å²) in [7, 11) is 0. The first kappa shape index (κ1) is 20.1. The molecule has 8 unspecified atom stereocenters. The molecule has 0 radical (unpaired) electrons. The number of ether oxygens (including phenoxy) is 3. The van der Waals surface area contributed by atoms with Crippen molar-refractivity contribution in [1.82, 2.24) is 0 Å². The first-order valence-corrected chi connectivity index (χ1v) is 12.3. The van der Waals surface area contributed by atoms with Crippen LogP contribution in [0.5, 0.6) is 0 Å². The van der Waals surface area contributed by atoms with Crippen molar-refractivity contribution in [3.63, 3.8) is 0 Å². The van der Waals surface area contributed by atoms with E-state index >= 15 is 0 Å². The number of Topliss-reactive ketones (excluding diaryl/α,β-unsaturated/α-hetero) is 1. The molecule has 8 atom stereocenters. The Labute approximate surface area is 186 Å². The Balaban J connectivity index is 1.21. The zero-order valence-corrected chi connectivity index (χ0v) is 18.3. The molecule has 1 saturated heterocycles. The smallest absolute Gasteiger partial charge is 0.312 e. The summed E-state index contributed by atoms with van der Waals surface area (Å²) < 4.78 is 17.1. The number of hydrogen-bond donors (Lipinski definition) is 1. The minimum Gasteiger partial charge on any atom is -0.465 e. The highest BCUT2D eigenvalue weighted by Crippen LogP contribution is 2.62. The van der Waals surface area contributed by atoms with E-state index in [1.165, 1.54) is 0 Å². The lowest BCUT2D eigenvalue weighted by Crippen LogP contribution is -2.56. The quantitative estimate of drug-likeness (QED) is 0.287. The first-order valence-electron chi connectivity index (χ1n) is 11.6. The highest BCUT2D eigenvalue weighted by molar-refractivity contribution is 7.80. The summed E-state index contributed by atoms with van der Waals surface area (Å²) >= 11 is 4.13. The molecule has 6 bridgehead atoms. The second-order valence-corrected chi connectivity index (χ2v) is 11.1. The van der Waals surface area contributed by atoms with E-state index in [-0.39, 0.29) is 42.2 Å². The van der Waals surface area contributed by atoms with Gasteiger partial charge in [-0.1, -0.05) is 0 Å². The Bertz CT molecular complexity index is 837. The van der Waals surface area contributed by atoms with Crippen LogP contribution in [-0.2, 0) is 33.4 Å². The zero-order chi connectivity index (χ0) is 21.5. The van der Waals surface area contributed by atoms with E-state index < -0.39 is 35.4 Å². The maximum atomic E-state index is 13.5. The van der Waals surface area contributed by atoms with Crippen LogP contribution in [0.2, 0.25) is 0 Å². The van der Waals surface area contributed by atoms with E-state index in [2.05, 4.69) is 12.6 Å². The van der Waals surface area contributed by atoms with Crippen molar-refractivity contribution < 1.29 is 33.4 Å². The SMILES string of the molecule is O=C1C2CC3CC1CC(C(=O)OC1C4CC5C1OC(=O)C5C4C(=O)OCCCS)(C3)C2. The summed E-state index contributed by atoms with van der Waals surface area (Å²) in [5.41, 5.74) is -0.586. The lowest BCUT2D eigenvalue weighted by molar-refractivity contribution is -0.188. The molecular formula is C23H28O7S. The van der Waals surface area contributed by atoms with Crippen molar-refractivity contribution in [3.8, 4) is 0 Å². The monoisotopic (exact) mass is 448 g/mol. The summed E-state index contributed by atoms with van der Waals surface area (Å²) in [4.78, 5) is 51.3. The lowest BCUT2D eigenvalue weighted by atomic mass is 9.49. The third-order valence-corrected chi connectivity index (χ3v) is 9.35. The number of ketones is 1. The number of fused-ring (bicyclic) bond motifs is 1. The summed E-state index contributed by atoms with van der Waals surface area (Å²) in [5.74, 6) is -1.08. The van der Waals surface area contributed by atoms with Crippen molar-refractivity contribution in [2.75, 3.05) is 12.4 Å². The normalized spacial score (nSPS) is 48.2. The number of hydrogen-bond acceptors (Lipinski definition) is 8. The van der Waals surface area contributed by atoms with Crippen LogP contribution in [0.1, 0.15) is 44.9 Å². The summed E-state index contributed by atoms with van der Waals surface area (Å²) in [6.07, 6.45) is 4.01. The van der Waals surface area contributed by atoms with E-state index in [9.17, 15) is 19.2 Å². The number of carbonyl (C=O) groups excluding carboxylic acids is 4. The highest BCUT2D eigenvalue weighted by atomic mass is 32.1. The van der Waals surface area contributed by atoms with Gasteiger partial charge in [-0.2, -0.15) is 12.6 Å². The number of carbonyl (C=O) groups is 4. The van der Waals surface area contributed by atoms with Gasteiger partial charge in [-0.15, -0.1) is 0 Å².